The highest BCUT2D eigenvalue weighted by molar-refractivity contribution is 5.64. The summed E-state index contributed by atoms with van der Waals surface area (Å²) in [5, 5.41) is 2.82. The van der Waals surface area contributed by atoms with Gasteiger partial charge in [-0.1, -0.05) is 36.4 Å². The average molecular weight is 733 g/mol. The molecule has 0 aliphatic rings. The van der Waals surface area contributed by atoms with Crippen molar-refractivity contribution in [3.05, 3.63) is 125 Å². The molecule has 0 fully saturated rings. The number of pyridine rings is 2. The third-order valence-corrected chi connectivity index (χ3v) is 6.97. The Balaban J connectivity index is 0.000000244. The number of nitrogens with zero attached hydrogens (tertiary/aromatic N) is 2. The summed E-state index contributed by atoms with van der Waals surface area (Å²) in [6.07, 6.45) is -18.3. The van der Waals surface area contributed by atoms with Gasteiger partial charge in [-0.15, -0.1) is 0 Å². The van der Waals surface area contributed by atoms with Gasteiger partial charge in [0.15, 0.2) is 0 Å². The summed E-state index contributed by atoms with van der Waals surface area (Å²) in [6.45, 7) is 0.199. The predicted octanol–water partition coefficient (Wildman–Crippen LogP) is 10.8. The maximum atomic E-state index is 13.3. The molecule has 0 saturated carbocycles. The summed E-state index contributed by atoms with van der Waals surface area (Å²) in [5.41, 5.74) is 2.35. The average Bonchev–Trinajstić information content (AvgIpc) is 3.06. The Labute approximate surface area is 281 Å². The number of ether oxygens (including phenoxy) is 1. The summed E-state index contributed by atoms with van der Waals surface area (Å²) in [4.78, 5) is 7.85. The number of nitrogen functional groups attached to an aromatic ring is 1. The van der Waals surface area contributed by atoms with E-state index in [1.807, 2.05) is 0 Å². The van der Waals surface area contributed by atoms with Crippen molar-refractivity contribution < 1.29 is 57.4 Å². The van der Waals surface area contributed by atoms with Gasteiger partial charge >= 0.3 is 24.7 Å². The number of anilines is 2. The van der Waals surface area contributed by atoms with Crippen LogP contribution in [0.5, 0.6) is 5.75 Å². The largest absolute Gasteiger partial charge is 0.497 e. The van der Waals surface area contributed by atoms with Gasteiger partial charge < -0.3 is 15.8 Å². The molecule has 5 aromatic rings. The van der Waals surface area contributed by atoms with Crippen molar-refractivity contribution in [3.8, 4) is 28.3 Å². The van der Waals surface area contributed by atoms with Crippen LogP contribution in [-0.2, 0) is 31.2 Å². The Hall–Kier alpha value is -5.48. The molecule has 2 heterocycles. The molecule has 0 atom stereocenters. The van der Waals surface area contributed by atoms with E-state index in [4.69, 9.17) is 10.5 Å². The van der Waals surface area contributed by atoms with Crippen molar-refractivity contribution in [1.82, 2.24) is 9.97 Å². The minimum absolute atomic E-state index is 0.0458. The standard InChI is InChI=1S/C21H16F6N2O.C13H8F6N2/c1-30-17-8-2-13(3-9-17)12-28-19-11-16(21(25,26)27)10-18(29-19)14-4-6-15(7-5-14)20(22,23)24;14-12(15,16)8-3-1-7(2-4-8)10-5-9(13(17,18)19)6-11(20)21-10/h2-11H,12H2,1H3,(H,28,29);1-6H,(H2,20,21). The van der Waals surface area contributed by atoms with E-state index < -0.39 is 47.0 Å². The fraction of sp³-hybridized carbons (Fsp3) is 0.176. The van der Waals surface area contributed by atoms with Gasteiger partial charge in [0.05, 0.1) is 40.8 Å². The van der Waals surface area contributed by atoms with Crippen LogP contribution in [0.4, 0.5) is 64.3 Å². The molecule has 3 N–H and O–H groups in total. The molecule has 51 heavy (non-hydrogen) atoms. The summed E-state index contributed by atoms with van der Waals surface area (Å²) in [7, 11) is 1.52. The molecule has 0 amide bonds. The summed E-state index contributed by atoms with van der Waals surface area (Å²) in [6, 6.07) is 17.4. The van der Waals surface area contributed by atoms with E-state index in [0.29, 0.717) is 11.8 Å². The molecule has 0 saturated heterocycles. The van der Waals surface area contributed by atoms with Gasteiger partial charge in [0, 0.05) is 17.7 Å². The molecule has 0 spiro atoms. The van der Waals surface area contributed by atoms with Crippen LogP contribution in [0.1, 0.15) is 27.8 Å². The van der Waals surface area contributed by atoms with Gasteiger partial charge in [-0.2, -0.15) is 52.7 Å². The Morgan fingerprint density at radius 2 is 0.941 bits per heavy atom. The quantitative estimate of drug-likeness (QED) is 0.170. The fourth-order valence-electron chi connectivity index (χ4n) is 4.39. The zero-order chi connectivity index (χ0) is 37.8. The number of nitrogens with one attached hydrogen (secondary N) is 1. The first kappa shape index (κ1) is 38.3. The highest BCUT2D eigenvalue weighted by atomic mass is 19.4. The highest BCUT2D eigenvalue weighted by Gasteiger charge is 2.34. The van der Waals surface area contributed by atoms with E-state index >= 15 is 0 Å². The van der Waals surface area contributed by atoms with Crippen LogP contribution in [0.2, 0.25) is 0 Å². The topological polar surface area (TPSA) is 73.1 Å². The van der Waals surface area contributed by atoms with Crippen LogP contribution in [0.25, 0.3) is 22.5 Å². The molecule has 3 aromatic carbocycles. The molecule has 0 unspecified atom stereocenters. The number of hydrogen-bond donors (Lipinski definition) is 2. The molecule has 0 bridgehead atoms. The van der Waals surface area contributed by atoms with E-state index in [2.05, 4.69) is 15.3 Å². The lowest BCUT2D eigenvalue weighted by Gasteiger charge is -2.14. The van der Waals surface area contributed by atoms with Crippen molar-refractivity contribution >= 4 is 11.6 Å². The zero-order valence-electron chi connectivity index (χ0n) is 25.9. The summed E-state index contributed by atoms with van der Waals surface area (Å²) in [5.74, 6) is 0.232. The van der Waals surface area contributed by atoms with Gasteiger partial charge in [-0.3, -0.25) is 0 Å². The maximum Gasteiger partial charge on any atom is 0.416 e. The number of nitrogens with two attached hydrogens (primary N) is 1. The molecule has 0 radical (unpaired) electrons. The van der Waals surface area contributed by atoms with E-state index in [0.717, 1.165) is 72.3 Å². The van der Waals surface area contributed by atoms with Gasteiger partial charge in [0.25, 0.3) is 0 Å². The van der Waals surface area contributed by atoms with Crippen LogP contribution in [0.15, 0.2) is 97.1 Å². The van der Waals surface area contributed by atoms with Crippen LogP contribution < -0.4 is 15.8 Å². The minimum atomic E-state index is -4.64. The van der Waals surface area contributed by atoms with Crippen molar-refractivity contribution in [2.75, 3.05) is 18.2 Å². The van der Waals surface area contributed by atoms with Crippen LogP contribution >= 0.6 is 0 Å². The van der Waals surface area contributed by atoms with E-state index in [-0.39, 0.29) is 40.7 Å². The monoisotopic (exact) mass is 732 g/mol. The first-order valence-corrected chi connectivity index (χ1v) is 14.3. The first-order valence-electron chi connectivity index (χ1n) is 14.3. The van der Waals surface area contributed by atoms with Crippen LogP contribution in [0.3, 0.4) is 0 Å². The Morgan fingerprint density at radius 3 is 1.35 bits per heavy atom. The number of methoxy groups -OCH3 is 1. The molecular weight excluding hydrogens is 708 g/mol. The number of aromatic nitrogens is 2. The van der Waals surface area contributed by atoms with Crippen molar-refractivity contribution in [2.24, 2.45) is 0 Å². The van der Waals surface area contributed by atoms with E-state index in [1.54, 1.807) is 24.3 Å². The SMILES string of the molecule is COc1ccc(CNc2cc(C(F)(F)F)cc(-c3ccc(C(F)(F)F)cc3)n2)cc1.Nc1cc(C(F)(F)F)cc(-c2ccc(C(F)(F)F)cc2)n1. The van der Waals surface area contributed by atoms with Crippen molar-refractivity contribution in [1.29, 1.82) is 0 Å². The van der Waals surface area contributed by atoms with Gasteiger partial charge in [0.2, 0.25) is 0 Å². The molecule has 2 aromatic heterocycles. The van der Waals surface area contributed by atoms with Gasteiger partial charge in [-0.05, 0) is 66.2 Å². The third kappa shape index (κ3) is 10.5. The second kappa shape index (κ2) is 14.8. The van der Waals surface area contributed by atoms with E-state index in [9.17, 15) is 52.7 Å². The number of alkyl halides is 12. The second-order valence-corrected chi connectivity index (χ2v) is 10.6. The normalized spacial score (nSPS) is 12.2. The Morgan fingerprint density at radius 1 is 0.529 bits per heavy atom. The highest BCUT2D eigenvalue weighted by Crippen LogP contribution is 2.36. The molecule has 17 heteroatoms. The van der Waals surface area contributed by atoms with Crippen LogP contribution in [-0.4, -0.2) is 17.1 Å². The smallest absolute Gasteiger partial charge is 0.416 e. The van der Waals surface area contributed by atoms with Crippen molar-refractivity contribution in [2.45, 2.75) is 31.2 Å². The van der Waals surface area contributed by atoms with Gasteiger partial charge in [-0.25, -0.2) is 9.97 Å². The van der Waals surface area contributed by atoms with Crippen molar-refractivity contribution in [3.63, 3.8) is 0 Å². The Bertz CT molecular complexity index is 1920. The number of halogens is 12. The fourth-order valence-corrected chi connectivity index (χ4v) is 4.39. The predicted molar refractivity (Wildman–Crippen MR) is 164 cm³/mol. The zero-order valence-corrected chi connectivity index (χ0v) is 25.9. The maximum absolute atomic E-state index is 13.3. The molecular formula is C34H24F12N4O. The van der Waals surface area contributed by atoms with E-state index in [1.165, 1.54) is 7.11 Å². The molecule has 270 valence electrons. The Kier molecular flexibility index (Phi) is 11.1. The lowest BCUT2D eigenvalue weighted by molar-refractivity contribution is -0.138. The third-order valence-electron chi connectivity index (χ3n) is 6.97. The van der Waals surface area contributed by atoms with Crippen LogP contribution in [0, 0.1) is 0 Å². The number of rotatable bonds is 6. The molecule has 5 nitrogen and oxygen atoms in total. The molecule has 0 aliphatic carbocycles. The summed E-state index contributed by atoms with van der Waals surface area (Å²) >= 11 is 0. The molecule has 0 aliphatic heterocycles. The summed E-state index contributed by atoms with van der Waals surface area (Å²) < 4.78 is 158. The molecule has 5 rings (SSSR count). The number of benzene rings is 3. The lowest BCUT2D eigenvalue weighted by Crippen LogP contribution is -2.09. The minimum Gasteiger partial charge on any atom is -0.497 e. The first-order chi connectivity index (χ1) is 23.6. The number of hydrogen-bond acceptors (Lipinski definition) is 5. The lowest BCUT2D eigenvalue weighted by atomic mass is 10.1. The second-order valence-electron chi connectivity index (χ2n) is 10.6. The van der Waals surface area contributed by atoms with Gasteiger partial charge in [0.1, 0.15) is 17.4 Å².